The van der Waals surface area contributed by atoms with Gasteiger partial charge < -0.3 is 14.8 Å². The Bertz CT molecular complexity index is 1220. The van der Waals surface area contributed by atoms with Crippen LogP contribution in [0.4, 0.5) is 5.00 Å². The molecule has 0 unspecified atom stereocenters. The van der Waals surface area contributed by atoms with Crippen molar-refractivity contribution in [2.75, 3.05) is 11.9 Å². The Kier molecular flexibility index (Phi) is 8.74. The lowest BCUT2D eigenvalue weighted by atomic mass is 10.1. The fourth-order valence-corrected chi connectivity index (χ4v) is 4.13. The number of hydrogen-bond donors (Lipinski definition) is 2. The van der Waals surface area contributed by atoms with E-state index < -0.39 is 18.0 Å². The molecule has 1 atom stereocenters. The highest BCUT2D eigenvalue weighted by molar-refractivity contribution is 7.16. The first-order valence-electron chi connectivity index (χ1n) is 11.0. The van der Waals surface area contributed by atoms with Gasteiger partial charge in [0.05, 0.1) is 18.4 Å². The van der Waals surface area contributed by atoms with Crippen LogP contribution in [0.5, 0.6) is 5.75 Å². The predicted molar refractivity (Wildman–Crippen MR) is 136 cm³/mol. The Labute approximate surface area is 208 Å². The molecule has 2 N–H and O–H groups in total. The molecule has 0 saturated heterocycles. The standard InChI is InChI=1S/C26H27N3O5S/c1-5-33-26(32)22-16(2)18(4)35-25(22)28-24(31)20-11-13-21(14-12-20)34-17(3)23(30)29-27-15-19-9-7-6-8-10-19/h6-15,17H,5H2,1-4H3,(H,28,31)(H,29,30)/b27-15-/t17-/m0/s1. The molecule has 0 bridgehead atoms. The Morgan fingerprint density at radius 1 is 1.06 bits per heavy atom. The van der Waals surface area contributed by atoms with Crippen LogP contribution in [0.3, 0.4) is 0 Å². The minimum atomic E-state index is -0.799. The lowest BCUT2D eigenvalue weighted by Crippen LogP contribution is -2.33. The van der Waals surface area contributed by atoms with Gasteiger partial charge in [0.2, 0.25) is 0 Å². The molecule has 0 saturated carbocycles. The number of carbonyl (C=O) groups is 3. The summed E-state index contributed by atoms with van der Waals surface area (Å²) in [5.41, 5.74) is 4.83. The van der Waals surface area contributed by atoms with E-state index in [2.05, 4.69) is 15.8 Å². The molecule has 0 fully saturated rings. The third-order valence-electron chi connectivity index (χ3n) is 5.08. The molecule has 0 aliphatic heterocycles. The molecule has 0 spiro atoms. The molecule has 1 heterocycles. The van der Waals surface area contributed by atoms with Gasteiger partial charge in [0.1, 0.15) is 10.8 Å². The summed E-state index contributed by atoms with van der Waals surface area (Å²) in [7, 11) is 0. The highest BCUT2D eigenvalue weighted by Crippen LogP contribution is 2.33. The third kappa shape index (κ3) is 6.77. The molecule has 9 heteroatoms. The van der Waals surface area contributed by atoms with Gasteiger partial charge in [-0.15, -0.1) is 11.3 Å². The van der Waals surface area contributed by atoms with E-state index in [9.17, 15) is 14.4 Å². The van der Waals surface area contributed by atoms with E-state index in [-0.39, 0.29) is 12.5 Å². The molecule has 2 amide bonds. The lowest BCUT2D eigenvalue weighted by molar-refractivity contribution is -0.127. The molecule has 35 heavy (non-hydrogen) atoms. The molecule has 8 nitrogen and oxygen atoms in total. The van der Waals surface area contributed by atoms with Crippen LogP contribution in [-0.2, 0) is 9.53 Å². The molecule has 2 aromatic carbocycles. The first-order chi connectivity index (χ1) is 16.8. The maximum Gasteiger partial charge on any atom is 0.341 e. The van der Waals surface area contributed by atoms with Gasteiger partial charge in [-0.05, 0) is 63.1 Å². The van der Waals surface area contributed by atoms with Crippen LogP contribution in [0, 0.1) is 13.8 Å². The number of carbonyl (C=O) groups excluding carboxylic acids is 3. The van der Waals surface area contributed by atoms with Crippen LogP contribution in [0.15, 0.2) is 59.7 Å². The average molecular weight is 494 g/mol. The molecular weight excluding hydrogens is 466 g/mol. The van der Waals surface area contributed by atoms with E-state index >= 15 is 0 Å². The van der Waals surface area contributed by atoms with Gasteiger partial charge in [0, 0.05) is 10.4 Å². The number of benzene rings is 2. The molecule has 3 rings (SSSR count). The van der Waals surface area contributed by atoms with Gasteiger partial charge in [0.15, 0.2) is 6.10 Å². The van der Waals surface area contributed by atoms with Crippen LogP contribution in [0.2, 0.25) is 0 Å². The van der Waals surface area contributed by atoms with Gasteiger partial charge >= 0.3 is 5.97 Å². The van der Waals surface area contributed by atoms with Crippen molar-refractivity contribution in [3.05, 3.63) is 81.7 Å². The largest absolute Gasteiger partial charge is 0.481 e. The zero-order valence-corrected chi connectivity index (χ0v) is 20.8. The maximum atomic E-state index is 12.8. The first kappa shape index (κ1) is 25.6. The Hall–Kier alpha value is -3.98. The van der Waals surface area contributed by atoms with Gasteiger partial charge in [-0.3, -0.25) is 9.59 Å². The number of esters is 1. The monoisotopic (exact) mass is 493 g/mol. The topological polar surface area (TPSA) is 106 Å². The number of ether oxygens (including phenoxy) is 2. The quantitative estimate of drug-likeness (QED) is 0.255. The van der Waals surface area contributed by atoms with Crippen LogP contribution in [-0.4, -0.2) is 36.7 Å². The third-order valence-corrected chi connectivity index (χ3v) is 6.20. The van der Waals surface area contributed by atoms with Crippen molar-refractivity contribution >= 4 is 40.3 Å². The molecular formula is C26H27N3O5S. The molecule has 0 aliphatic carbocycles. The number of nitrogens with one attached hydrogen (secondary N) is 2. The molecule has 3 aromatic rings. The lowest BCUT2D eigenvalue weighted by Gasteiger charge is -2.13. The Balaban J connectivity index is 1.59. The smallest absolute Gasteiger partial charge is 0.341 e. The van der Waals surface area contributed by atoms with Crippen molar-refractivity contribution in [3.8, 4) is 5.75 Å². The summed E-state index contributed by atoms with van der Waals surface area (Å²) in [6.07, 6.45) is 0.744. The number of nitrogens with zero attached hydrogens (tertiary/aromatic N) is 1. The van der Waals surface area contributed by atoms with E-state index in [1.54, 1.807) is 44.3 Å². The summed E-state index contributed by atoms with van der Waals surface area (Å²) < 4.78 is 10.8. The normalized spacial score (nSPS) is 11.7. The molecule has 0 aliphatic rings. The fraction of sp³-hybridized carbons (Fsp3) is 0.231. The second-order valence-electron chi connectivity index (χ2n) is 7.59. The van der Waals surface area contributed by atoms with Gasteiger partial charge in [-0.1, -0.05) is 30.3 Å². The van der Waals surface area contributed by atoms with Crippen molar-refractivity contribution < 1.29 is 23.9 Å². The highest BCUT2D eigenvalue weighted by atomic mass is 32.1. The second-order valence-corrected chi connectivity index (χ2v) is 8.82. The zero-order valence-electron chi connectivity index (χ0n) is 20.0. The van der Waals surface area contributed by atoms with E-state index in [1.807, 2.05) is 44.2 Å². The van der Waals surface area contributed by atoms with Crippen LogP contribution in [0.1, 0.15) is 50.6 Å². The minimum absolute atomic E-state index is 0.248. The second kappa shape index (κ2) is 11.9. The number of aryl methyl sites for hydroxylation is 1. The highest BCUT2D eigenvalue weighted by Gasteiger charge is 2.22. The number of anilines is 1. The van der Waals surface area contributed by atoms with Gasteiger partial charge in [-0.2, -0.15) is 5.10 Å². The van der Waals surface area contributed by atoms with Gasteiger partial charge in [0.25, 0.3) is 11.8 Å². The first-order valence-corrected chi connectivity index (χ1v) is 11.8. The summed E-state index contributed by atoms with van der Waals surface area (Å²) in [4.78, 5) is 38.3. The van der Waals surface area contributed by atoms with Crippen molar-refractivity contribution in [2.45, 2.75) is 33.8 Å². The molecule has 0 radical (unpaired) electrons. The maximum absolute atomic E-state index is 12.8. The Morgan fingerprint density at radius 2 is 1.74 bits per heavy atom. The number of hydrogen-bond acceptors (Lipinski definition) is 7. The Morgan fingerprint density at radius 3 is 2.40 bits per heavy atom. The average Bonchev–Trinajstić information content (AvgIpc) is 3.12. The zero-order chi connectivity index (χ0) is 25.4. The van der Waals surface area contributed by atoms with Crippen molar-refractivity contribution in [1.29, 1.82) is 0 Å². The fourth-order valence-electron chi connectivity index (χ4n) is 3.08. The molecule has 182 valence electrons. The number of rotatable bonds is 9. The number of thiophene rings is 1. The van der Waals surface area contributed by atoms with Gasteiger partial charge in [-0.25, -0.2) is 10.2 Å². The summed E-state index contributed by atoms with van der Waals surface area (Å²) in [6, 6.07) is 15.7. The number of amides is 2. The van der Waals surface area contributed by atoms with Crippen molar-refractivity contribution in [1.82, 2.24) is 5.43 Å². The van der Waals surface area contributed by atoms with E-state index in [0.29, 0.717) is 21.9 Å². The minimum Gasteiger partial charge on any atom is -0.481 e. The van der Waals surface area contributed by atoms with Crippen molar-refractivity contribution in [3.63, 3.8) is 0 Å². The van der Waals surface area contributed by atoms with Crippen molar-refractivity contribution in [2.24, 2.45) is 5.10 Å². The van der Waals surface area contributed by atoms with Crippen LogP contribution >= 0.6 is 11.3 Å². The summed E-state index contributed by atoms with van der Waals surface area (Å²) in [5.74, 6) is -0.821. The van der Waals surface area contributed by atoms with E-state index in [1.165, 1.54) is 11.3 Å². The SMILES string of the molecule is CCOC(=O)c1c(NC(=O)c2ccc(O[C@@H](C)C(=O)N/N=C\c3ccccc3)cc2)sc(C)c1C. The summed E-state index contributed by atoms with van der Waals surface area (Å²) in [6.45, 7) is 7.29. The van der Waals surface area contributed by atoms with E-state index in [0.717, 1.165) is 16.0 Å². The van der Waals surface area contributed by atoms with Crippen LogP contribution < -0.4 is 15.5 Å². The van der Waals surface area contributed by atoms with Crippen LogP contribution in [0.25, 0.3) is 0 Å². The summed E-state index contributed by atoms with van der Waals surface area (Å²) in [5, 5.41) is 7.18. The number of hydrazone groups is 1. The summed E-state index contributed by atoms with van der Waals surface area (Å²) >= 11 is 1.32. The molecule has 1 aromatic heterocycles. The van der Waals surface area contributed by atoms with E-state index in [4.69, 9.17) is 9.47 Å². The predicted octanol–water partition coefficient (Wildman–Crippen LogP) is 4.71.